The Balaban J connectivity index is 2.16. The molecule has 12 heteroatoms. The molecular formula is C15H12Cl2N3O6P. The summed E-state index contributed by atoms with van der Waals surface area (Å²) >= 11 is 11.9. The molecule has 3 aromatic rings. The van der Waals surface area contributed by atoms with E-state index in [0.29, 0.717) is 15.7 Å². The van der Waals surface area contributed by atoms with Crippen LogP contribution in [0.2, 0.25) is 10.0 Å². The molecule has 0 fully saturated rings. The van der Waals surface area contributed by atoms with Crippen molar-refractivity contribution in [3.8, 4) is 5.75 Å². The summed E-state index contributed by atoms with van der Waals surface area (Å²) < 4.78 is 16.3. The van der Waals surface area contributed by atoms with Crippen LogP contribution in [0.1, 0.15) is 0 Å². The van der Waals surface area contributed by atoms with Gasteiger partial charge in [-0.3, -0.25) is 13.9 Å². The van der Waals surface area contributed by atoms with Gasteiger partial charge in [0.2, 0.25) is 5.95 Å². The van der Waals surface area contributed by atoms with E-state index in [-0.39, 0.29) is 22.6 Å². The standard InChI is InChI=1S/C15H12Cl2N3O6P/c16-8-4-9(17)6-10(5-8)18-15-19-11-2-1-3-12(21)13(11)14(22)20(15)7-26-27(23,24)25/h1-6,21H,7H2,(H,18,19)(H2,23,24,25). The van der Waals surface area contributed by atoms with Crippen molar-refractivity contribution in [3.05, 3.63) is 56.8 Å². The SMILES string of the molecule is O=c1c2c(O)cccc2nc(Nc2cc(Cl)cc(Cl)c2)n1COP(=O)(O)O. The summed E-state index contributed by atoms with van der Waals surface area (Å²) in [5, 5.41) is 13.3. The monoisotopic (exact) mass is 431 g/mol. The largest absolute Gasteiger partial charge is 0.507 e. The summed E-state index contributed by atoms with van der Waals surface area (Å²) in [5.41, 5.74) is -0.214. The molecule has 0 bridgehead atoms. The van der Waals surface area contributed by atoms with Gasteiger partial charge < -0.3 is 20.2 Å². The van der Waals surface area contributed by atoms with Crippen LogP contribution >= 0.6 is 31.0 Å². The van der Waals surface area contributed by atoms with Gasteiger partial charge in [0, 0.05) is 15.7 Å². The predicted octanol–water partition coefficient (Wildman–Crippen LogP) is 3.22. The zero-order chi connectivity index (χ0) is 19.8. The smallest absolute Gasteiger partial charge is 0.471 e. The van der Waals surface area contributed by atoms with Gasteiger partial charge in [-0.15, -0.1) is 0 Å². The topological polar surface area (TPSA) is 134 Å². The number of phosphoric ester groups is 1. The first-order valence-electron chi connectivity index (χ1n) is 7.30. The van der Waals surface area contributed by atoms with Gasteiger partial charge in [0.25, 0.3) is 5.56 Å². The number of anilines is 2. The molecule has 0 radical (unpaired) electrons. The van der Waals surface area contributed by atoms with Crippen LogP contribution in [0.25, 0.3) is 10.9 Å². The van der Waals surface area contributed by atoms with Gasteiger partial charge in [-0.25, -0.2) is 9.55 Å². The molecule has 9 nitrogen and oxygen atoms in total. The van der Waals surface area contributed by atoms with Crippen molar-refractivity contribution in [2.75, 3.05) is 5.32 Å². The van der Waals surface area contributed by atoms with E-state index in [1.54, 1.807) is 0 Å². The highest BCUT2D eigenvalue weighted by molar-refractivity contribution is 7.46. The highest BCUT2D eigenvalue weighted by Crippen LogP contribution is 2.36. The normalized spacial score (nSPS) is 11.7. The van der Waals surface area contributed by atoms with Gasteiger partial charge in [-0.1, -0.05) is 29.3 Å². The first-order chi connectivity index (χ1) is 12.6. The number of nitrogens with one attached hydrogen (secondary N) is 1. The lowest BCUT2D eigenvalue weighted by molar-refractivity contribution is 0.152. The minimum atomic E-state index is -4.86. The Morgan fingerprint density at radius 1 is 1.19 bits per heavy atom. The fraction of sp³-hybridized carbons (Fsp3) is 0.0667. The number of phenolic OH excluding ortho intramolecular Hbond substituents is 1. The van der Waals surface area contributed by atoms with E-state index in [0.717, 1.165) is 4.57 Å². The van der Waals surface area contributed by atoms with Crippen LogP contribution in [-0.4, -0.2) is 24.4 Å². The van der Waals surface area contributed by atoms with Crippen molar-refractivity contribution < 1.29 is 24.0 Å². The molecule has 0 aliphatic carbocycles. The number of halogens is 2. The van der Waals surface area contributed by atoms with Crippen LogP contribution in [-0.2, 0) is 15.8 Å². The number of phosphoric acid groups is 1. The van der Waals surface area contributed by atoms with Crippen LogP contribution < -0.4 is 10.9 Å². The number of fused-ring (bicyclic) bond motifs is 1. The number of aromatic hydroxyl groups is 1. The minimum Gasteiger partial charge on any atom is -0.507 e. The van der Waals surface area contributed by atoms with E-state index in [9.17, 15) is 14.5 Å². The lowest BCUT2D eigenvalue weighted by atomic mass is 10.2. The molecule has 0 saturated carbocycles. The molecule has 0 saturated heterocycles. The number of hydrogen-bond acceptors (Lipinski definition) is 6. The second kappa shape index (κ2) is 7.47. The fourth-order valence-electron chi connectivity index (χ4n) is 2.35. The van der Waals surface area contributed by atoms with E-state index in [4.69, 9.17) is 33.0 Å². The molecule has 0 atom stereocenters. The number of benzene rings is 2. The highest BCUT2D eigenvalue weighted by atomic mass is 35.5. The van der Waals surface area contributed by atoms with Crippen molar-refractivity contribution in [3.63, 3.8) is 0 Å². The Kier molecular flexibility index (Phi) is 5.43. The van der Waals surface area contributed by atoms with Crippen molar-refractivity contribution in [2.24, 2.45) is 0 Å². The molecule has 142 valence electrons. The Morgan fingerprint density at radius 3 is 2.48 bits per heavy atom. The Morgan fingerprint density at radius 2 is 1.85 bits per heavy atom. The van der Waals surface area contributed by atoms with Gasteiger partial charge in [0.1, 0.15) is 17.9 Å². The van der Waals surface area contributed by atoms with E-state index in [1.165, 1.54) is 36.4 Å². The second-order valence-electron chi connectivity index (χ2n) is 5.37. The second-order valence-corrected chi connectivity index (χ2v) is 7.48. The van der Waals surface area contributed by atoms with Crippen molar-refractivity contribution in [2.45, 2.75) is 6.73 Å². The van der Waals surface area contributed by atoms with Gasteiger partial charge in [0.15, 0.2) is 0 Å². The van der Waals surface area contributed by atoms with Gasteiger partial charge in [0.05, 0.1) is 5.52 Å². The fourth-order valence-corrected chi connectivity index (χ4v) is 3.14. The molecule has 3 rings (SSSR count). The molecule has 0 spiro atoms. The Labute approximate surface area is 162 Å². The Bertz CT molecular complexity index is 1110. The average Bonchev–Trinajstić information content (AvgIpc) is 2.52. The molecule has 1 aromatic heterocycles. The quantitative estimate of drug-likeness (QED) is 0.452. The van der Waals surface area contributed by atoms with Crippen LogP contribution in [0.4, 0.5) is 11.6 Å². The summed E-state index contributed by atoms with van der Waals surface area (Å²) in [6.45, 7) is -0.809. The summed E-state index contributed by atoms with van der Waals surface area (Å²) in [6.07, 6.45) is 0. The maximum absolute atomic E-state index is 12.7. The van der Waals surface area contributed by atoms with Gasteiger partial charge in [-0.05, 0) is 30.3 Å². The lowest BCUT2D eigenvalue weighted by Gasteiger charge is -2.16. The molecule has 0 amide bonds. The van der Waals surface area contributed by atoms with E-state index < -0.39 is 20.1 Å². The molecule has 1 heterocycles. The summed E-state index contributed by atoms with van der Waals surface area (Å²) in [7, 11) is -4.86. The third kappa shape index (κ3) is 4.59. The maximum Gasteiger partial charge on any atom is 0.471 e. The first-order valence-corrected chi connectivity index (χ1v) is 9.58. The Hall–Kier alpha value is -2.13. The van der Waals surface area contributed by atoms with Crippen molar-refractivity contribution in [1.29, 1.82) is 0 Å². The van der Waals surface area contributed by atoms with Crippen LogP contribution in [0, 0.1) is 0 Å². The summed E-state index contributed by atoms with van der Waals surface area (Å²) in [4.78, 5) is 34.9. The molecule has 27 heavy (non-hydrogen) atoms. The zero-order valence-corrected chi connectivity index (χ0v) is 15.7. The van der Waals surface area contributed by atoms with Crippen molar-refractivity contribution in [1.82, 2.24) is 9.55 Å². The van der Waals surface area contributed by atoms with Crippen LogP contribution in [0.3, 0.4) is 0 Å². The van der Waals surface area contributed by atoms with E-state index in [1.807, 2.05) is 0 Å². The molecular weight excluding hydrogens is 420 g/mol. The van der Waals surface area contributed by atoms with Gasteiger partial charge in [-0.2, -0.15) is 0 Å². The van der Waals surface area contributed by atoms with E-state index in [2.05, 4.69) is 14.8 Å². The molecule has 0 unspecified atom stereocenters. The number of hydrogen-bond donors (Lipinski definition) is 4. The number of aromatic nitrogens is 2. The number of rotatable bonds is 5. The third-order valence-electron chi connectivity index (χ3n) is 3.44. The number of phenols is 1. The first kappa shape index (κ1) is 19.6. The lowest BCUT2D eigenvalue weighted by Crippen LogP contribution is -2.25. The average molecular weight is 432 g/mol. The molecule has 2 aromatic carbocycles. The van der Waals surface area contributed by atoms with Crippen LogP contribution in [0.5, 0.6) is 5.75 Å². The van der Waals surface area contributed by atoms with E-state index >= 15 is 0 Å². The predicted molar refractivity (Wildman–Crippen MR) is 101 cm³/mol. The minimum absolute atomic E-state index is 0.0927. The van der Waals surface area contributed by atoms with Crippen molar-refractivity contribution >= 4 is 53.6 Å². The maximum atomic E-state index is 12.7. The molecule has 4 N–H and O–H groups in total. The number of nitrogens with zero attached hydrogens (tertiary/aromatic N) is 2. The van der Waals surface area contributed by atoms with Gasteiger partial charge >= 0.3 is 7.82 Å². The summed E-state index contributed by atoms with van der Waals surface area (Å²) in [6, 6.07) is 8.83. The third-order valence-corrected chi connectivity index (χ3v) is 4.32. The van der Waals surface area contributed by atoms with Crippen LogP contribution in [0.15, 0.2) is 41.2 Å². The summed E-state index contributed by atoms with van der Waals surface area (Å²) in [5.74, 6) is -0.419. The highest BCUT2D eigenvalue weighted by Gasteiger charge is 2.19. The molecule has 0 aliphatic rings. The molecule has 0 aliphatic heterocycles. The zero-order valence-electron chi connectivity index (χ0n) is 13.3.